The predicted molar refractivity (Wildman–Crippen MR) is 86.8 cm³/mol. The molecule has 0 bridgehead atoms. The number of hydrogen-bond donors (Lipinski definition) is 0. The number of benzene rings is 2. The quantitative estimate of drug-likeness (QED) is 0.430. The van der Waals surface area contributed by atoms with Crippen LogP contribution >= 0.6 is 24.0 Å². The third kappa shape index (κ3) is 2.80. The first-order chi connectivity index (χ1) is 9.34. The highest BCUT2D eigenvalue weighted by Crippen LogP contribution is 2.29. The van der Waals surface area contributed by atoms with Crippen molar-refractivity contribution in [3.63, 3.8) is 0 Å². The largest absolute Gasteiger partial charge is 0.0977 e. The maximum Gasteiger partial charge on any atom is 0.0489 e. The van der Waals surface area contributed by atoms with Gasteiger partial charge in [-0.15, -0.1) is 0 Å². The fraction of sp³-hybridized carbons (Fsp3) is 0.118. The summed E-state index contributed by atoms with van der Waals surface area (Å²) in [5, 5.41) is 2.22. The second-order valence-electron chi connectivity index (χ2n) is 4.56. The van der Waals surface area contributed by atoms with Gasteiger partial charge in [0.15, 0.2) is 0 Å². The Kier molecular flexibility index (Phi) is 3.81. The van der Waals surface area contributed by atoms with Gasteiger partial charge in [0.1, 0.15) is 0 Å². The van der Waals surface area contributed by atoms with Gasteiger partial charge in [0.05, 0.1) is 0 Å². The molecule has 0 nitrogen and oxygen atoms in total. The SMILES string of the molecule is S=C1C(=CSc2ccccc2)CCc2ccccc21. The molecule has 0 aromatic heterocycles. The van der Waals surface area contributed by atoms with Gasteiger partial charge in [-0.3, -0.25) is 0 Å². The number of aryl methyl sites for hydroxylation is 1. The number of rotatable bonds is 2. The van der Waals surface area contributed by atoms with Crippen LogP contribution in [0.5, 0.6) is 0 Å². The van der Waals surface area contributed by atoms with E-state index < -0.39 is 0 Å². The summed E-state index contributed by atoms with van der Waals surface area (Å²) in [7, 11) is 0. The Morgan fingerprint density at radius 2 is 1.63 bits per heavy atom. The Labute approximate surface area is 123 Å². The van der Waals surface area contributed by atoms with E-state index in [-0.39, 0.29) is 0 Å². The smallest absolute Gasteiger partial charge is 0.0489 e. The minimum atomic E-state index is 1.02. The van der Waals surface area contributed by atoms with Crippen LogP contribution in [0, 0.1) is 0 Å². The Hall–Kier alpha value is -1.38. The van der Waals surface area contributed by atoms with E-state index in [1.165, 1.54) is 21.6 Å². The molecule has 0 unspecified atom stereocenters. The van der Waals surface area contributed by atoms with Crippen molar-refractivity contribution in [1.29, 1.82) is 0 Å². The topological polar surface area (TPSA) is 0 Å². The molecule has 94 valence electrons. The van der Waals surface area contributed by atoms with Crippen molar-refractivity contribution in [2.45, 2.75) is 17.7 Å². The van der Waals surface area contributed by atoms with Crippen LogP contribution in [-0.4, -0.2) is 4.86 Å². The summed E-state index contributed by atoms with van der Waals surface area (Å²) in [6.45, 7) is 0. The van der Waals surface area contributed by atoms with Crippen LogP contribution < -0.4 is 0 Å². The Morgan fingerprint density at radius 3 is 2.47 bits per heavy atom. The molecule has 0 saturated carbocycles. The maximum atomic E-state index is 5.62. The fourth-order valence-corrected chi connectivity index (χ4v) is 3.53. The number of fused-ring (bicyclic) bond motifs is 1. The fourth-order valence-electron chi connectivity index (χ4n) is 2.27. The summed E-state index contributed by atoms with van der Waals surface area (Å²) >= 11 is 7.37. The molecule has 2 heteroatoms. The molecule has 2 aromatic rings. The molecule has 0 N–H and O–H groups in total. The molecule has 3 rings (SSSR count). The van der Waals surface area contributed by atoms with Crippen LogP contribution in [0.1, 0.15) is 17.5 Å². The van der Waals surface area contributed by atoms with Gasteiger partial charge in [0, 0.05) is 9.76 Å². The van der Waals surface area contributed by atoms with Gasteiger partial charge in [-0.05, 0) is 47.1 Å². The third-order valence-electron chi connectivity index (χ3n) is 3.30. The van der Waals surface area contributed by atoms with E-state index >= 15 is 0 Å². The lowest BCUT2D eigenvalue weighted by Gasteiger charge is -2.19. The second-order valence-corrected chi connectivity index (χ2v) is 5.91. The van der Waals surface area contributed by atoms with Crippen LogP contribution in [0.2, 0.25) is 0 Å². The normalized spacial score (nSPS) is 16.4. The van der Waals surface area contributed by atoms with E-state index in [0.29, 0.717) is 0 Å². The van der Waals surface area contributed by atoms with Gasteiger partial charge < -0.3 is 0 Å². The molecule has 19 heavy (non-hydrogen) atoms. The van der Waals surface area contributed by atoms with Crippen LogP contribution in [-0.2, 0) is 6.42 Å². The zero-order valence-electron chi connectivity index (χ0n) is 10.5. The summed E-state index contributed by atoms with van der Waals surface area (Å²) in [5.74, 6) is 0. The van der Waals surface area contributed by atoms with Crippen LogP contribution in [0.4, 0.5) is 0 Å². The van der Waals surface area contributed by atoms with Gasteiger partial charge >= 0.3 is 0 Å². The lowest BCUT2D eigenvalue weighted by molar-refractivity contribution is 0.958. The monoisotopic (exact) mass is 282 g/mol. The highest BCUT2D eigenvalue weighted by atomic mass is 32.2. The Morgan fingerprint density at radius 1 is 0.895 bits per heavy atom. The maximum absolute atomic E-state index is 5.62. The van der Waals surface area contributed by atoms with E-state index in [9.17, 15) is 0 Å². The van der Waals surface area contributed by atoms with Crippen LogP contribution in [0.3, 0.4) is 0 Å². The first kappa shape index (κ1) is 12.6. The number of allylic oxidation sites excluding steroid dienone is 1. The Bertz CT molecular complexity index is 627. The molecule has 2 aromatic carbocycles. The summed E-state index contributed by atoms with van der Waals surface area (Å²) in [6, 6.07) is 18.9. The van der Waals surface area contributed by atoms with Gasteiger partial charge in [0.2, 0.25) is 0 Å². The Balaban J connectivity index is 1.82. The number of thioether (sulfide) groups is 1. The molecule has 0 aliphatic heterocycles. The summed E-state index contributed by atoms with van der Waals surface area (Å²) in [5.41, 5.74) is 3.92. The molecular weight excluding hydrogens is 268 g/mol. The van der Waals surface area contributed by atoms with E-state index in [4.69, 9.17) is 12.2 Å². The van der Waals surface area contributed by atoms with Crippen molar-refractivity contribution in [2.75, 3.05) is 0 Å². The first-order valence-electron chi connectivity index (χ1n) is 6.38. The van der Waals surface area contributed by atoms with Gasteiger partial charge in [-0.1, -0.05) is 66.4 Å². The van der Waals surface area contributed by atoms with Crippen LogP contribution in [0.25, 0.3) is 0 Å². The zero-order valence-corrected chi connectivity index (χ0v) is 12.1. The lowest BCUT2D eigenvalue weighted by atomic mass is 9.89. The van der Waals surface area contributed by atoms with E-state index in [1.54, 1.807) is 11.8 Å². The van der Waals surface area contributed by atoms with E-state index in [2.05, 4.69) is 53.9 Å². The molecule has 1 aliphatic carbocycles. The predicted octanol–water partition coefficient (Wildman–Crippen LogP) is 5.03. The van der Waals surface area contributed by atoms with Gasteiger partial charge in [-0.25, -0.2) is 0 Å². The zero-order chi connectivity index (χ0) is 13.1. The average molecular weight is 282 g/mol. The molecule has 0 heterocycles. The van der Waals surface area contributed by atoms with Crippen molar-refractivity contribution < 1.29 is 0 Å². The second kappa shape index (κ2) is 5.72. The summed E-state index contributed by atoms with van der Waals surface area (Å²) in [6.07, 6.45) is 2.15. The summed E-state index contributed by atoms with van der Waals surface area (Å²) in [4.78, 5) is 2.28. The van der Waals surface area contributed by atoms with E-state index in [0.717, 1.165) is 17.7 Å². The highest BCUT2D eigenvalue weighted by molar-refractivity contribution is 8.02. The minimum Gasteiger partial charge on any atom is -0.0977 e. The molecule has 0 radical (unpaired) electrons. The standard InChI is InChI=1S/C17H14S2/c18-17-14(12-19-15-7-2-1-3-8-15)11-10-13-6-4-5-9-16(13)17/h1-9,12H,10-11H2. The molecule has 0 saturated heterocycles. The minimum absolute atomic E-state index is 1.02. The van der Waals surface area contributed by atoms with E-state index in [1.807, 2.05) is 6.07 Å². The summed E-state index contributed by atoms with van der Waals surface area (Å²) < 4.78 is 0. The molecule has 0 atom stereocenters. The van der Waals surface area contributed by atoms with Crippen molar-refractivity contribution in [3.8, 4) is 0 Å². The first-order valence-corrected chi connectivity index (χ1v) is 7.67. The van der Waals surface area contributed by atoms with Crippen LogP contribution in [0.15, 0.2) is 70.5 Å². The molecule has 1 aliphatic rings. The van der Waals surface area contributed by atoms with Crippen molar-refractivity contribution >= 4 is 28.8 Å². The lowest BCUT2D eigenvalue weighted by Crippen LogP contribution is -2.12. The van der Waals surface area contributed by atoms with Crippen molar-refractivity contribution in [1.82, 2.24) is 0 Å². The molecule has 0 spiro atoms. The molecular formula is C17H14S2. The molecule has 0 fully saturated rings. The van der Waals surface area contributed by atoms with Gasteiger partial charge in [0.25, 0.3) is 0 Å². The molecule has 0 amide bonds. The van der Waals surface area contributed by atoms with Crippen molar-refractivity contribution in [3.05, 3.63) is 76.7 Å². The van der Waals surface area contributed by atoms with Crippen molar-refractivity contribution in [2.24, 2.45) is 0 Å². The average Bonchev–Trinajstić information content (AvgIpc) is 2.48. The number of thiocarbonyl (C=S) groups is 1. The number of hydrogen-bond acceptors (Lipinski definition) is 2. The highest BCUT2D eigenvalue weighted by Gasteiger charge is 2.17. The van der Waals surface area contributed by atoms with Gasteiger partial charge in [-0.2, -0.15) is 0 Å². The third-order valence-corrected chi connectivity index (χ3v) is 4.73.